The zero-order valence-corrected chi connectivity index (χ0v) is 12.4. The minimum Gasteiger partial charge on any atom is -0.308 e. The lowest BCUT2D eigenvalue weighted by molar-refractivity contribution is 0.445. The van der Waals surface area contributed by atoms with Crippen LogP contribution >= 0.6 is 15.9 Å². The van der Waals surface area contributed by atoms with Gasteiger partial charge in [-0.2, -0.15) is 0 Å². The van der Waals surface area contributed by atoms with Crippen LogP contribution in [0.5, 0.6) is 0 Å². The van der Waals surface area contributed by atoms with Crippen molar-refractivity contribution >= 4 is 22.0 Å². The Morgan fingerprint density at radius 3 is 2.65 bits per heavy atom. The van der Waals surface area contributed by atoms with Crippen molar-refractivity contribution in [2.75, 3.05) is 6.54 Å². The lowest BCUT2D eigenvalue weighted by Crippen LogP contribution is -2.36. The summed E-state index contributed by atoms with van der Waals surface area (Å²) in [4.78, 5) is 0. The summed E-state index contributed by atoms with van der Waals surface area (Å²) in [6.07, 6.45) is 1.87. The molecule has 1 nitrogen and oxygen atoms in total. The zero-order chi connectivity index (χ0) is 13.1. The summed E-state index contributed by atoms with van der Waals surface area (Å²) in [5.74, 6) is -0.191. The second-order valence-corrected chi connectivity index (χ2v) is 6.18. The molecule has 1 N–H and O–H groups in total. The van der Waals surface area contributed by atoms with Crippen molar-refractivity contribution in [3.63, 3.8) is 0 Å². The second kappa shape index (κ2) is 5.78. The predicted molar refractivity (Wildman–Crippen MR) is 75.5 cm³/mol. The van der Waals surface area contributed by atoms with E-state index >= 15 is 0 Å². The lowest BCUT2D eigenvalue weighted by atomic mass is 10.1. The number of benzene rings is 1. The van der Waals surface area contributed by atoms with Crippen LogP contribution < -0.4 is 5.32 Å². The Balaban J connectivity index is 2.77. The molecule has 1 rings (SSSR count). The van der Waals surface area contributed by atoms with Crippen molar-refractivity contribution < 1.29 is 4.39 Å². The smallest absolute Gasteiger partial charge is 0.130 e. The Morgan fingerprint density at radius 2 is 2.06 bits per heavy atom. The van der Waals surface area contributed by atoms with Gasteiger partial charge in [0.1, 0.15) is 5.82 Å². The molecule has 3 heteroatoms. The average Bonchev–Trinajstić information content (AvgIpc) is 2.20. The molecule has 0 bridgehead atoms. The van der Waals surface area contributed by atoms with Crippen LogP contribution in [0.2, 0.25) is 0 Å². The third kappa shape index (κ3) is 5.46. The van der Waals surface area contributed by atoms with E-state index in [0.717, 1.165) is 16.6 Å². The zero-order valence-electron chi connectivity index (χ0n) is 10.8. The highest BCUT2D eigenvalue weighted by molar-refractivity contribution is 9.10. The molecule has 0 heterocycles. The number of halogens is 2. The highest BCUT2D eigenvalue weighted by Crippen LogP contribution is 2.18. The molecule has 0 saturated carbocycles. The molecule has 0 unspecified atom stereocenters. The molecule has 1 aromatic rings. The molecule has 0 aliphatic carbocycles. The fraction of sp³-hybridized carbons (Fsp3) is 0.429. The normalized spacial score (nSPS) is 12.9. The maximum Gasteiger partial charge on any atom is 0.130 e. The minimum absolute atomic E-state index is 0.0743. The first-order chi connectivity index (χ1) is 7.78. The first-order valence-corrected chi connectivity index (χ1v) is 6.44. The molecular formula is C14H19BrFN. The molecule has 0 aliphatic heterocycles. The maximum absolute atomic E-state index is 13.5. The highest BCUT2D eigenvalue weighted by atomic mass is 79.9. The molecule has 0 spiro atoms. The Kier molecular flexibility index (Phi) is 4.90. The van der Waals surface area contributed by atoms with Gasteiger partial charge in [0.2, 0.25) is 0 Å². The van der Waals surface area contributed by atoms with E-state index in [1.54, 1.807) is 12.1 Å². The quantitative estimate of drug-likeness (QED) is 0.873. The van der Waals surface area contributed by atoms with Crippen molar-refractivity contribution in [3.8, 4) is 0 Å². The molecule has 0 aromatic heterocycles. The molecule has 1 aromatic carbocycles. The van der Waals surface area contributed by atoms with Crippen LogP contribution in [0.4, 0.5) is 4.39 Å². The molecule has 0 aliphatic rings. The van der Waals surface area contributed by atoms with E-state index in [2.05, 4.69) is 42.0 Å². The Labute approximate surface area is 111 Å². The number of hydrogen-bond acceptors (Lipinski definition) is 1. The van der Waals surface area contributed by atoms with E-state index in [4.69, 9.17) is 0 Å². The summed E-state index contributed by atoms with van der Waals surface area (Å²) in [6, 6.07) is 4.96. The molecular weight excluding hydrogens is 281 g/mol. The van der Waals surface area contributed by atoms with Crippen molar-refractivity contribution in [2.45, 2.75) is 33.2 Å². The molecule has 0 fully saturated rings. The summed E-state index contributed by atoms with van der Waals surface area (Å²) in [5, 5.41) is 3.37. The standard InChI is InChI=1S/C14H19BrFN/c1-10(9-17-14(2,3)4)7-11-8-12(15)5-6-13(11)16/h5-8,17H,9H2,1-4H3. The lowest BCUT2D eigenvalue weighted by Gasteiger charge is -2.20. The molecule has 0 amide bonds. The van der Waals surface area contributed by atoms with Crippen molar-refractivity contribution in [1.29, 1.82) is 0 Å². The van der Waals surface area contributed by atoms with Gasteiger partial charge in [0.15, 0.2) is 0 Å². The fourth-order valence-corrected chi connectivity index (χ4v) is 1.73. The highest BCUT2D eigenvalue weighted by Gasteiger charge is 2.08. The second-order valence-electron chi connectivity index (χ2n) is 5.26. The van der Waals surface area contributed by atoms with Crippen LogP contribution in [-0.2, 0) is 0 Å². The molecule has 0 radical (unpaired) electrons. The van der Waals surface area contributed by atoms with Crippen LogP contribution in [0.15, 0.2) is 28.2 Å². The molecule has 94 valence electrons. The van der Waals surface area contributed by atoms with Gasteiger partial charge in [0.05, 0.1) is 0 Å². The number of nitrogens with one attached hydrogen (secondary N) is 1. The summed E-state index contributed by atoms with van der Waals surface area (Å²) >= 11 is 3.35. The van der Waals surface area contributed by atoms with Gasteiger partial charge < -0.3 is 5.32 Å². The van der Waals surface area contributed by atoms with Crippen LogP contribution in [-0.4, -0.2) is 12.1 Å². The van der Waals surface area contributed by atoms with Gasteiger partial charge in [-0.3, -0.25) is 0 Å². The van der Waals surface area contributed by atoms with Gasteiger partial charge in [-0.1, -0.05) is 27.6 Å². The Bertz CT molecular complexity index is 419. The predicted octanol–water partition coefficient (Wildman–Crippen LogP) is 4.38. The van der Waals surface area contributed by atoms with E-state index in [1.165, 1.54) is 6.07 Å². The summed E-state index contributed by atoms with van der Waals surface area (Å²) in [5.41, 5.74) is 1.80. The first-order valence-electron chi connectivity index (χ1n) is 5.65. The maximum atomic E-state index is 13.5. The van der Waals surface area contributed by atoms with Gasteiger partial charge in [-0.25, -0.2) is 4.39 Å². The monoisotopic (exact) mass is 299 g/mol. The third-order valence-electron chi connectivity index (χ3n) is 2.26. The van der Waals surface area contributed by atoms with Crippen LogP contribution in [0.1, 0.15) is 33.3 Å². The summed E-state index contributed by atoms with van der Waals surface area (Å²) in [7, 11) is 0. The fourth-order valence-electron chi connectivity index (χ4n) is 1.35. The summed E-state index contributed by atoms with van der Waals surface area (Å²) in [6.45, 7) is 9.09. The van der Waals surface area contributed by atoms with Crippen molar-refractivity contribution in [1.82, 2.24) is 5.32 Å². The number of rotatable bonds is 3. The van der Waals surface area contributed by atoms with Crippen LogP contribution in [0.3, 0.4) is 0 Å². The first kappa shape index (κ1) is 14.4. The minimum atomic E-state index is -0.191. The third-order valence-corrected chi connectivity index (χ3v) is 2.75. The summed E-state index contributed by atoms with van der Waals surface area (Å²) < 4.78 is 14.4. The van der Waals surface area contributed by atoms with E-state index in [9.17, 15) is 4.39 Å². The SMILES string of the molecule is CC(=Cc1cc(Br)ccc1F)CNC(C)(C)C. The molecule has 0 saturated heterocycles. The van der Waals surface area contributed by atoms with E-state index < -0.39 is 0 Å². The topological polar surface area (TPSA) is 12.0 Å². The van der Waals surface area contributed by atoms with Gasteiger partial charge >= 0.3 is 0 Å². The van der Waals surface area contributed by atoms with Gasteiger partial charge in [0, 0.05) is 22.1 Å². The number of hydrogen-bond donors (Lipinski definition) is 1. The average molecular weight is 300 g/mol. The van der Waals surface area contributed by atoms with E-state index in [1.807, 2.05) is 13.0 Å². The van der Waals surface area contributed by atoms with Crippen LogP contribution in [0, 0.1) is 5.82 Å². The largest absolute Gasteiger partial charge is 0.308 e. The van der Waals surface area contributed by atoms with Gasteiger partial charge in [0.25, 0.3) is 0 Å². The van der Waals surface area contributed by atoms with Gasteiger partial charge in [-0.15, -0.1) is 0 Å². The van der Waals surface area contributed by atoms with E-state index in [0.29, 0.717) is 5.56 Å². The molecule has 0 atom stereocenters. The Hall–Kier alpha value is -0.670. The Morgan fingerprint density at radius 1 is 1.41 bits per heavy atom. The van der Waals surface area contributed by atoms with Crippen molar-refractivity contribution in [3.05, 3.63) is 39.6 Å². The van der Waals surface area contributed by atoms with E-state index in [-0.39, 0.29) is 11.4 Å². The van der Waals surface area contributed by atoms with Gasteiger partial charge in [-0.05, 0) is 45.9 Å². The molecule has 17 heavy (non-hydrogen) atoms. The van der Waals surface area contributed by atoms with Crippen LogP contribution in [0.25, 0.3) is 6.08 Å². The van der Waals surface area contributed by atoms with Crippen molar-refractivity contribution in [2.24, 2.45) is 0 Å².